The fourth-order valence-electron chi connectivity index (χ4n) is 0.991. The van der Waals surface area contributed by atoms with Crippen LogP contribution in [-0.2, 0) is 0 Å². The van der Waals surface area contributed by atoms with Crippen molar-refractivity contribution in [2.24, 2.45) is 0 Å². The molecule has 1 N–H and O–H groups in total. The monoisotopic (exact) mass is 147 g/mol. The zero-order valence-corrected chi connectivity index (χ0v) is 5.61. The first-order valence-electron chi connectivity index (χ1n) is 3.16. The van der Waals surface area contributed by atoms with Gasteiger partial charge >= 0.3 is 5.55 Å². The van der Waals surface area contributed by atoms with Crippen LogP contribution in [0.15, 0.2) is 28.8 Å². The Bertz CT molecular complexity index is 461. The molecule has 0 spiro atoms. The number of nitrogens with one attached hydrogen (secondary N) is 1. The van der Waals surface area contributed by atoms with Gasteiger partial charge in [-0.15, -0.1) is 4.79 Å². The Kier molecular flexibility index (Phi) is 1.14. The Labute approximate surface area is 61.7 Å². The highest BCUT2D eigenvalue weighted by Crippen LogP contribution is 2.03. The first kappa shape index (κ1) is 5.95. The van der Waals surface area contributed by atoms with E-state index in [0.717, 1.165) is 10.9 Å². The molecule has 0 fully saturated rings. The number of aromatic nitrogens is 1. The number of para-hydroxylation sites is 1. The molecular weight excluding hydrogens is 142 g/mol. The van der Waals surface area contributed by atoms with Crippen molar-refractivity contribution in [3.05, 3.63) is 35.4 Å². The van der Waals surface area contributed by atoms with Crippen LogP contribution in [-0.4, -0.2) is 9.95 Å². The van der Waals surface area contributed by atoms with Crippen LogP contribution in [0.4, 0.5) is 0 Å². The Morgan fingerprint density at radius 1 is 1.36 bits per heavy atom. The van der Waals surface area contributed by atoms with Crippen LogP contribution >= 0.6 is 0 Å². The summed E-state index contributed by atoms with van der Waals surface area (Å²) in [6.07, 6.45) is 0. The molecule has 54 valence electrons. The van der Waals surface area contributed by atoms with Crippen molar-refractivity contribution in [1.82, 2.24) is 5.16 Å². The van der Waals surface area contributed by atoms with Gasteiger partial charge in [-0.3, -0.25) is 0 Å². The van der Waals surface area contributed by atoms with E-state index in [1.54, 1.807) is 0 Å². The largest absolute Gasteiger partial charge is 0.508 e. The van der Waals surface area contributed by atoms with Crippen molar-refractivity contribution < 1.29 is 9.31 Å². The third kappa shape index (κ3) is 0.772. The van der Waals surface area contributed by atoms with E-state index in [0.29, 0.717) is 0 Å². The molecule has 1 aromatic heterocycles. The number of hydrogen-bond donors (Lipinski definition) is 1. The summed E-state index contributed by atoms with van der Waals surface area (Å²) < 4.78 is 4.82. The molecule has 1 heterocycles. The lowest BCUT2D eigenvalue weighted by molar-refractivity contribution is -0.0988. The highest BCUT2D eigenvalue weighted by Gasteiger charge is 2.03. The Hall–Kier alpha value is -1.80. The van der Waals surface area contributed by atoms with E-state index in [-0.39, 0.29) is 5.55 Å². The molecule has 0 aliphatic heterocycles. The second kappa shape index (κ2) is 2.11. The molecular formula is C7H5N3O. The molecule has 0 radical (unpaired) electrons. The van der Waals surface area contributed by atoms with Crippen LogP contribution in [0.25, 0.3) is 16.4 Å². The first-order chi connectivity index (χ1) is 5.42. The van der Waals surface area contributed by atoms with Gasteiger partial charge in [0.05, 0.1) is 5.52 Å². The van der Waals surface area contributed by atoms with E-state index in [4.69, 9.17) is 10.1 Å². The summed E-state index contributed by atoms with van der Waals surface area (Å²) in [5.74, 6) is 0. The summed E-state index contributed by atoms with van der Waals surface area (Å²) in [5.41, 5.74) is 9.46. The van der Waals surface area contributed by atoms with Gasteiger partial charge < -0.3 is 10.1 Å². The zero-order chi connectivity index (χ0) is 7.68. The smallest absolute Gasteiger partial charge is 0.357 e. The first-order valence-corrected chi connectivity index (χ1v) is 3.16. The maximum Gasteiger partial charge on any atom is 0.508 e. The third-order valence-electron chi connectivity index (χ3n) is 1.51. The molecule has 0 aliphatic rings. The van der Waals surface area contributed by atoms with Crippen LogP contribution in [0.5, 0.6) is 0 Å². The molecule has 0 aliphatic carbocycles. The van der Waals surface area contributed by atoms with Gasteiger partial charge in [-0.1, -0.05) is 12.1 Å². The van der Waals surface area contributed by atoms with Crippen LogP contribution in [0.2, 0.25) is 0 Å². The summed E-state index contributed by atoms with van der Waals surface area (Å²) in [5, 5.41) is 3.38. The summed E-state index contributed by atoms with van der Waals surface area (Å²) in [4.78, 5) is 2.96. The van der Waals surface area contributed by atoms with Crippen molar-refractivity contribution in [2.75, 3.05) is 0 Å². The minimum atomic E-state index is 0.209. The molecule has 0 amide bonds. The minimum Gasteiger partial charge on any atom is -0.357 e. The van der Waals surface area contributed by atoms with Gasteiger partial charge in [-0.2, -0.15) is 0 Å². The molecule has 0 saturated heterocycles. The fraction of sp³-hybridized carbons (Fsp3) is 0. The van der Waals surface area contributed by atoms with Crippen molar-refractivity contribution in [3.8, 4) is 0 Å². The number of fused-ring (bicyclic) bond motifs is 1. The van der Waals surface area contributed by atoms with Crippen molar-refractivity contribution in [2.45, 2.75) is 0 Å². The molecule has 0 atom stereocenters. The topological polar surface area (TPSA) is 65.3 Å². The van der Waals surface area contributed by atoms with E-state index >= 15 is 0 Å². The van der Waals surface area contributed by atoms with Gasteiger partial charge in [0.15, 0.2) is 0 Å². The molecule has 0 unspecified atom stereocenters. The number of H-pyrrole nitrogens is 1. The normalized spacial score (nSPS) is 9.82. The molecule has 11 heavy (non-hydrogen) atoms. The molecule has 1 aromatic carbocycles. The van der Waals surface area contributed by atoms with Gasteiger partial charge in [0.1, 0.15) is 5.39 Å². The van der Waals surface area contributed by atoms with Crippen molar-refractivity contribution in [3.63, 3.8) is 0 Å². The molecule has 2 rings (SSSR count). The maximum atomic E-state index is 8.44. The molecule has 4 heteroatoms. The molecule has 4 nitrogen and oxygen atoms in total. The molecule has 2 aromatic rings. The van der Waals surface area contributed by atoms with Gasteiger partial charge in [-0.05, 0) is 12.1 Å². The van der Waals surface area contributed by atoms with Crippen LogP contribution in [0, 0.1) is 0 Å². The average Bonchev–Trinajstić information content (AvgIpc) is 2.47. The second-order valence-corrected chi connectivity index (χ2v) is 2.15. The zero-order valence-electron chi connectivity index (χ0n) is 5.61. The number of nitrogens with zero attached hydrogens (tertiary/aromatic N) is 2. The average molecular weight is 147 g/mol. The van der Waals surface area contributed by atoms with E-state index in [1.807, 2.05) is 24.3 Å². The maximum absolute atomic E-state index is 8.44. The Balaban J connectivity index is 3.10. The SMILES string of the molecule is [N-]=[N+]=c1o[nH]c2ccccc12. The van der Waals surface area contributed by atoms with Gasteiger partial charge in [0, 0.05) is 0 Å². The summed E-state index contributed by atoms with van der Waals surface area (Å²) in [6.45, 7) is 0. The lowest BCUT2D eigenvalue weighted by Gasteiger charge is -1.77. The van der Waals surface area contributed by atoms with Crippen molar-refractivity contribution >= 4 is 10.9 Å². The standard InChI is InChI=1S/C7H5N3O/c8-9-7-5-3-1-2-4-6(5)10-11-7/h1-4,10H. The minimum absolute atomic E-state index is 0.209. The second-order valence-electron chi connectivity index (χ2n) is 2.15. The number of benzene rings is 1. The molecule has 0 bridgehead atoms. The highest BCUT2D eigenvalue weighted by molar-refractivity contribution is 5.75. The third-order valence-corrected chi connectivity index (χ3v) is 1.51. The van der Waals surface area contributed by atoms with E-state index in [2.05, 4.69) is 9.95 Å². The highest BCUT2D eigenvalue weighted by atomic mass is 16.5. The predicted octanol–water partition coefficient (Wildman–Crippen LogP) is 0.891. The molecule has 0 saturated carbocycles. The van der Waals surface area contributed by atoms with E-state index < -0.39 is 0 Å². The van der Waals surface area contributed by atoms with E-state index in [9.17, 15) is 0 Å². The number of rotatable bonds is 0. The van der Waals surface area contributed by atoms with Crippen molar-refractivity contribution in [1.29, 1.82) is 0 Å². The predicted molar refractivity (Wildman–Crippen MR) is 37.3 cm³/mol. The number of hydrogen-bond acceptors (Lipinski definition) is 1. The van der Waals surface area contributed by atoms with Crippen LogP contribution < -0.4 is 5.55 Å². The van der Waals surface area contributed by atoms with Crippen LogP contribution in [0.1, 0.15) is 0 Å². The summed E-state index contributed by atoms with van der Waals surface area (Å²) >= 11 is 0. The van der Waals surface area contributed by atoms with Gasteiger partial charge in [0.25, 0.3) is 0 Å². The quantitative estimate of drug-likeness (QED) is 0.436. The van der Waals surface area contributed by atoms with Gasteiger partial charge in [0.2, 0.25) is 0 Å². The van der Waals surface area contributed by atoms with Gasteiger partial charge in [-0.25, -0.2) is 5.16 Å². The Morgan fingerprint density at radius 2 is 2.18 bits per heavy atom. The lowest BCUT2D eigenvalue weighted by Crippen LogP contribution is -1.96. The van der Waals surface area contributed by atoms with E-state index in [1.165, 1.54) is 0 Å². The lowest BCUT2D eigenvalue weighted by atomic mass is 10.3. The summed E-state index contributed by atoms with van der Waals surface area (Å²) in [6, 6.07) is 7.37. The Morgan fingerprint density at radius 3 is 3.00 bits per heavy atom. The number of aromatic amines is 1. The summed E-state index contributed by atoms with van der Waals surface area (Å²) in [7, 11) is 0. The van der Waals surface area contributed by atoms with Crippen LogP contribution in [0.3, 0.4) is 0 Å². The fourth-order valence-corrected chi connectivity index (χ4v) is 0.991.